The lowest BCUT2D eigenvalue weighted by Crippen LogP contribution is -2.23. The zero-order valence-corrected chi connectivity index (χ0v) is 10.4. The van der Waals surface area contributed by atoms with Crippen molar-refractivity contribution in [3.63, 3.8) is 0 Å². The van der Waals surface area contributed by atoms with Crippen molar-refractivity contribution in [1.82, 2.24) is 4.90 Å². The normalized spacial score (nSPS) is 17.1. The molecule has 0 aromatic heterocycles. The van der Waals surface area contributed by atoms with Crippen LogP contribution in [0.4, 0.5) is 0 Å². The molecule has 86 valence electrons. The van der Waals surface area contributed by atoms with Crippen molar-refractivity contribution < 1.29 is 4.74 Å². The standard InChI is InChI=1S/C13H16ClNO/c1-15-7-5-10(6-8-15)12-4-3-11(14)9-13(12)16-2/h3-5,9H,6-8H2,1-2H3. The number of hydrogen-bond donors (Lipinski definition) is 0. The monoisotopic (exact) mass is 237 g/mol. The molecular formula is C13H16ClNO. The van der Waals surface area contributed by atoms with Crippen LogP contribution in [0.15, 0.2) is 24.3 Å². The van der Waals surface area contributed by atoms with E-state index in [0.717, 1.165) is 25.3 Å². The van der Waals surface area contributed by atoms with Crippen LogP contribution >= 0.6 is 11.6 Å². The summed E-state index contributed by atoms with van der Waals surface area (Å²) < 4.78 is 5.37. The Morgan fingerprint density at radius 1 is 1.38 bits per heavy atom. The third kappa shape index (κ3) is 2.39. The molecule has 0 atom stereocenters. The van der Waals surface area contributed by atoms with E-state index in [4.69, 9.17) is 16.3 Å². The lowest BCUT2D eigenvalue weighted by atomic mass is 9.99. The molecule has 2 nitrogen and oxygen atoms in total. The van der Waals surface area contributed by atoms with Gasteiger partial charge in [0.05, 0.1) is 7.11 Å². The summed E-state index contributed by atoms with van der Waals surface area (Å²) in [6.07, 6.45) is 3.32. The van der Waals surface area contributed by atoms with E-state index in [2.05, 4.69) is 18.0 Å². The van der Waals surface area contributed by atoms with Crippen molar-refractivity contribution in [2.75, 3.05) is 27.2 Å². The Bertz CT molecular complexity index is 414. The molecule has 0 N–H and O–H groups in total. The van der Waals surface area contributed by atoms with Crippen LogP contribution in [0.5, 0.6) is 5.75 Å². The molecule has 16 heavy (non-hydrogen) atoms. The highest BCUT2D eigenvalue weighted by atomic mass is 35.5. The van der Waals surface area contributed by atoms with Gasteiger partial charge >= 0.3 is 0 Å². The number of benzene rings is 1. The first-order chi connectivity index (χ1) is 7.70. The van der Waals surface area contributed by atoms with Gasteiger partial charge in [-0.15, -0.1) is 0 Å². The van der Waals surface area contributed by atoms with Crippen LogP contribution in [0.1, 0.15) is 12.0 Å². The topological polar surface area (TPSA) is 12.5 Å². The van der Waals surface area contributed by atoms with Gasteiger partial charge in [0.2, 0.25) is 0 Å². The van der Waals surface area contributed by atoms with E-state index in [9.17, 15) is 0 Å². The van der Waals surface area contributed by atoms with E-state index in [1.54, 1.807) is 7.11 Å². The van der Waals surface area contributed by atoms with Crippen molar-refractivity contribution in [2.24, 2.45) is 0 Å². The summed E-state index contributed by atoms with van der Waals surface area (Å²) in [5, 5.41) is 0.717. The van der Waals surface area contributed by atoms with Gasteiger partial charge in [-0.25, -0.2) is 0 Å². The van der Waals surface area contributed by atoms with Crippen LogP contribution in [0.3, 0.4) is 0 Å². The van der Waals surface area contributed by atoms with Gasteiger partial charge in [0, 0.05) is 23.7 Å². The molecule has 1 heterocycles. The first-order valence-corrected chi connectivity index (χ1v) is 5.80. The molecular weight excluding hydrogens is 222 g/mol. The number of likely N-dealkylation sites (N-methyl/N-ethyl adjacent to an activating group) is 1. The zero-order chi connectivity index (χ0) is 11.5. The summed E-state index contributed by atoms with van der Waals surface area (Å²) in [6.45, 7) is 2.10. The Kier molecular flexibility index (Phi) is 3.52. The first-order valence-electron chi connectivity index (χ1n) is 5.42. The Morgan fingerprint density at radius 2 is 2.19 bits per heavy atom. The number of rotatable bonds is 2. The van der Waals surface area contributed by atoms with Gasteiger partial charge in [0.25, 0.3) is 0 Å². The highest BCUT2D eigenvalue weighted by Crippen LogP contribution is 2.32. The van der Waals surface area contributed by atoms with Crippen molar-refractivity contribution in [3.8, 4) is 5.75 Å². The molecule has 1 aromatic carbocycles. The average molecular weight is 238 g/mol. The van der Waals surface area contributed by atoms with Crippen LogP contribution in [-0.2, 0) is 0 Å². The molecule has 0 amide bonds. The third-order valence-corrected chi connectivity index (χ3v) is 3.16. The third-order valence-electron chi connectivity index (χ3n) is 2.92. The minimum atomic E-state index is 0.717. The molecule has 3 heteroatoms. The second-order valence-electron chi connectivity index (χ2n) is 4.09. The van der Waals surface area contributed by atoms with Gasteiger partial charge in [0.1, 0.15) is 5.75 Å². The highest BCUT2D eigenvalue weighted by Gasteiger charge is 2.13. The predicted octanol–water partition coefficient (Wildman–Crippen LogP) is 3.07. The molecule has 1 aromatic rings. The van der Waals surface area contributed by atoms with Crippen LogP contribution in [0, 0.1) is 0 Å². The Morgan fingerprint density at radius 3 is 2.81 bits per heavy atom. The average Bonchev–Trinajstić information content (AvgIpc) is 2.30. The molecule has 0 spiro atoms. The largest absolute Gasteiger partial charge is 0.496 e. The number of nitrogens with zero attached hydrogens (tertiary/aromatic N) is 1. The Labute approximate surface area is 101 Å². The Balaban J connectivity index is 2.33. The molecule has 1 aliphatic heterocycles. The smallest absolute Gasteiger partial charge is 0.127 e. The molecule has 0 unspecified atom stereocenters. The summed E-state index contributed by atoms with van der Waals surface area (Å²) in [4.78, 5) is 2.30. The summed E-state index contributed by atoms with van der Waals surface area (Å²) in [5.74, 6) is 0.864. The quantitative estimate of drug-likeness (QED) is 0.784. The molecule has 2 rings (SSSR count). The molecule has 0 radical (unpaired) electrons. The first kappa shape index (κ1) is 11.5. The summed E-state index contributed by atoms with van der Waals surface area (Å²) in [7, 11) is 3.82. The van der Waals surface area contributed by atoms with E-state index in [0.29, 0.717) is 5.02 Å². The van der Waals surface area contributed by atoms with E-state index in [1.165, 1.54) is 11.1 Å². The Hall–Kier alpha value is -0.990. The summed E-state index contributed by atoms with van der Waals surface area (Å²) in [6, 6.07) is 5.83. The fourth-order valence-corrected chi connectivity index (χ4v) is 2.11. The van der Waals surface area contributed by atoms with Crippen LogP contribution in [-0.4, -0.2) is 32.1 Å². The maximum Gasteiger partial charge on any atom is 0.127 e. The maximum absolute atomic E-state index is 5.95. The van der Waals surface area contributed by atoms with Crippen LogP contribution in [0.2, 0.25) is 5.02 Å². The van der Waals surface area contributed by atoms with E-state index in [1.807, 2.05) is 18.2 Å². The van der Waals surface area contributed by atoms with E-state index in [-0.39, 0.29) is 0 Å². The van der Waals surface area contributed by atoms with Gasteiger partial charge in [0.15, 0.2) is 0 Å². The predicted molar refractivity (Wildman–Crippen MR) is 68.1 cm³/mol. The molecule has 1 aliphatic rings. The molecule has 0 bridgehead atoms. The van der Waals surface area contributed by atoms with Crippen molar-refractivity contribution in [1.29, 1.82) is 0 Å². The lowest BCUT2D eigenvalue weighted by molar-refractivity contribution is 0.369. The summed E-state index contributed by atoms with van der Waals surface area (Å²) >= 11 is 5.95. The van der Waals surface area contributed by atoms with Crippen LogP contribution in [0.25, 0.3) is 5.57 Å². The minimum absolute atomic E-state index is 0.717. The fourth-order valence-electron chi connectivity index (χ4n) is 1.95. The number of methoxy groups -OCH3 is 1. The highest BCUT2D eigenvalue weighted by molar-refractivity contribution is 6.30. The van der Waals surface area contributed by atoms with Crippen molar-refractivity contribution in [2.45, 2.75) is 6.42 Å². The van der Waals surface area contributed by atoms with Crippen LogP contribution < -0.4 is 4.74 Å². The number of halogens is 1. The minimum Gasteiger partial charge on any atom is -0.496 e. The molecule has 0 fully saturated rings. The van der Waals surface area contributed by atoms with Gasteiger partial charge in [-0.05, 0) is 37.2 Å². The maximum atomic E-state index is 5.95. The second-order valence-corrected chi connectivity index (χ2v) is 4.52. The van der Waals surface area contributed by atoms with Crippen molar-refractivity contribution in [3.05, 3.63) is 34.9 Å². The fraction of sp³-hybridized carbons (Fsp3) is 0.385. The van der Waals surface area contributed by atoms with Gasteiger partial charge in [-0.3, -0.25) is 0 Å². The SMILES string of the molecule is COc1cc(Cl)ccc1C1=CCN(C)CC1. The van der Waals surface area contributed by atoms with Gasteiger partial charge in [-0.1, -0.05) is 17.7 Å². The molecule has 0 aliphatic carbocycles. The lowest BCUT2D eigenvalue weighted by Gasteiger charge is -2.23. The van der Waals surface area contributed by atoms with Gasteiger partial charge in [-0.2, -0.15) is 0 Å². The van der Waals surface area contributed by atoms with E-state index >= 15 is 0 Å². The second kappa shape index (κ2) is 4.89. The number of hydrogen-bond acceptors (Lipinski definition) is 2. The van der Waals surface area contributed by atoms with Gasteiger partial charge < -0.3 is 9.64 Å². The number of ether oxygens (including phenoxy) is 1. The van der Waals surface area contributed by atoms with E-state index < -0.39 is 0 Å². The van der Waals surface area contributed by atoms with Crippen molar-refractivity contribution >= 4 is 17.2 Å². The molecule has 0 saturated carbocycles. The molecule has 0 saturated heterocycles. The summed E-state index contributed by atoms with van der Waals surface area (Å²) in [5.41, 5.74) is 2.52. The zero-order valence-electron chi connectivity index (χ0n) is 9.66.